The maximum atomic E-state index is 14.6. The molecule has 3 N–H and O–H groups in total. The van der Waals surface area contributed by atoms with Gasteiger partial charge >= 0.3 is 0 Å². The number of ketones is 1. The van der Waals surface area contributed by atoms with Crippen molar-refractivity contribution in [2.24, 2.45) is 16.5 Å². The second kappa shape index (κ2) is 15.2. The normalized spacial score (nSPS) is 26.4. The Morgan fingerprint density at radius 1 is 1.06 bits per heavy atom. The Balaban J connectivity index is 1.39. The largest absolute Gasteiger partial charge is 0.387 e. The number of ether oxygens (including phenoxy) is 1. The highest BCUT2D eigenvalue weighted by atomic mass is 35.5. The van der Waals surface area contributed by atoms with Crippen molar-refractivity contribution in [3.63, 3.8) is 0 Å². The van der Waals surface area contributed by atoms with Gasteiger partial charge in [-0.3, -0.25) is 24.0 Å². The highest BCUT2D eigenvalue weighted by molar-refractivity contribution is 6.38. The lowest BCUT2D eigenvalue weighted by atomic mass is 9.83. The zero-order valence-electron chi connectivity index (χ0n) is 29.2. The molecule has 49 heavy (non-hydrogen) atoms. The van der Waals surface area contributed by atoms with Crippen LogP contribution in [0.25, 0.3) is 0 Å². The molecule has 268 valence electrons. The summed E-state index contributed by atoms with van der Waals surface area (Å²) in [6, 6.07) is 4.18. The molecule has 13 heteroatoms. The number of amides is 4. The summed E-state index contributed by atoms with van der Waals surface area (Å²) in [7, 11) is 1.68. The molecule has 1 saturated heterocycles. The number of likely N-dealkylation sites (tertiary alicyclic amines) is 1. The molecule has 4 amide bonds. The minimum Gasteiger partial charge on any atom is -0.387 e. The predicted molar refractivity (Wildman–Crippen MR) is 184 cm³/mol. The molecule has 0 bridgehead atoms. The molecule has 3 fully saturated rings. The van der Waals surface area contributed by atoms with E-state index < -0.39 is 52.6 Å². The minimum absolute atomic E-state index is 0.00926. The van der Waals surface area contributed by atoms with Gasteiger partial charge in [0.05, 0.1) is 24.4 Å². The van der Waals surface area contributed by atoms with Crippen LogP contribution in [-0.2, 0) is 33.5 Å². The summed E-state index contributed by atoms with van der Waals surface area (Å²) in [5.74, 6) is -2.86. The zero-order valence-corrected chi connectivity index (χ0v) is 29.9. The topological polar surface area (TPSA) is 156 Å². The molecule has 2 heterocycles. The summed E-state index contributed by atoms with van der Waals surface area (Å²) in [5.41, 5.74) is -0.311. The van der Waals surface area contributed by atoms with Gasteiger partial charge in [0.25, 0.3) is 5.91 Å². The summed E-state index contributed by atoms with van der Waals surface area (Å²) >= 11 is 6.25. The van der Waals surface area contributed by atoms with Crippen molar-refractivity contribution >= 4 is 46.7 Å². The Bertz CT molecular complexity index is 1470. The van der Waals surface area contributed by atoms with Crippen LogP contribution in [0, 0.1) is 11.3 Å². The monoisotopic (exact) mass is 699 g/mol. The Labute approximate surface area is 293 Å². The number of nitrogens with one attached hydrogen (secondary N) is 3. The molecule has 0 radical (unpaired) electrons. The number of halogens is 1. The lowest BCUT2D eigenvalue weighted by Gasteiger charge is -2.37. The number of benzene rings is 1. The maximum Gasteiger partial charge on any atom is 0.289 e. The summed E-state index contributed by atoms with van der Waals surface area (Å²) in [6.45, 7) is 7.52. The lowest BCUT2D eigenvalue weighted by Crippen LogP contribution is -2.59. The Morgan fingerprint density at radius 2 is 1.78 bits per heavy atom. The van der Waals surface area contributed by atoms with Crippen LogP contribution >= 0.6 is 11.6 Å². The van der Waals surface area contributed by atoms with Gasteiger partial charge in [0.15, 0.2) is 5.60 Å². The quantitative estimate of drug-likeness (QED) is 0.281. The van der Waals surface area contributed by atoms with Gasteiger partial charge in [0, 0.05) is 42.5 Å². The van der Waals surface area contributed by atoms with Crippen LogP contribution in [0.3, 0.4) is 0 Å². The maximum absolute atomic E-state index is 14.6. The number of rotatable bonds is 12. The van der Waals surface area contributed by atoms with Crippen LogP contribution in [0.4, 0.5) is 0 Å². The number of carbonyl (C=O) groups excluding carboxylic acids is 5. The summed E-state index contributed by atoms with van der Waals surface area (Å²) < 4.78 is 5.47. The van der Waals surface area contributed by atoms with Gasteiger partial charge < -0.3 is 30.4 Å². The van der Waals surface area contributed by atoms with E-state index in [0.29, 0.717) is 36.4 Å². The van der Waals surface area contributed by atoms with Crippen LogP contribution in [0.2, 0.25) is 5.02 Å². The molecule has 1 spiro atoms. The molecule has 1 aromatic carbocycles. The van der Waals surface area contributed by atoms with Crippen molar-refractivity contribution in [1.82, 2.24) is 20.9 Å². The van der Waals surface area contributed by atoms with E-state index in [9.17, 15) is 24.0 Å². The third-order valence-corrected chi connectivity index (χ3v) is 10.3. The Kier molecular flexibility index (Phi) is 11.4. The Hall–Kier alpha value is -3.51. The van der Waals surface area contributed by atoms with Crippen molar-refractivity contribution in [3.8, 4) is 0 Å². The van der Waals surface area contributed by atoms with E-state index in [1.165, 1.54) is 4.90 Å². The summed E-state index contributed by atoms with van der Waals surface area (Å²) in [6.07, 6.45) is 5.85. The lowest BCUT2D eigenvalue weighted by molar-refractivity contribution is -0.146. The molecule has 1 aromatic rings. The molecular formula is C36H50ClN5O7. The van der Waals surface area contributed by atoms with E-state index in [2.05, 4.69) is 21.1 Å². The third-order valence-electron chi connectivity index (χ3n) is 10.1. The standard InChI is InChI=1S/C36H50ClN5O7/c1-6-8-26(29(43)33(46)38-24-13-14-24)39-32(45)28-19-36(18-27(41-49-36)22-9-7-10-23(37)17-22)20-42(28)34(47)30(35(2,3)4)40-31(44)21-11-15-25(48-5)16-12-21/h7,9-10,17,21,24-26,28,30H,6,8,11-16,18-20H2,1-5H3,(H,38,46)(H,39,45)(H,40,44)/t21?,25?,26-,28-,30+,36+/m0/s1. The molecule has 12 nitrogen and oxygen atoms in total. The number of carbonyl (C=O) groups is 5. The number of Topliss-reactive ketones (excluding diaryl/α,β-unsaturated/α-hetero) is 1. The average Bonchev–Trinajstić information content (AvgIpc) is 3.66. The number of methoxy groups -OCH3 is 1. The van der Waals surface area contributed by atoms with Crippen LogP contribution in [0.5, 0.6) is 0 Å². The highest BCUT2D eigenvalue weighted by Gasteiger charge is 2.56. The van der Waals surface area contributed by atoms with E-state index >= 15 is 0 Å². The van der Waals surface area contributed by atoms with Gasteiger partial charge in [-0.15, -0.1) is 0 Å². The van der Waals surface area contributed by atoms with Crippen molar-refractivity contribution in [1.29, 1.82) is 0 Å². The predicted octanol–water partition coefficient (Wildman–Crippen LogP) is 3.67. The summed E-state index contributed by atoms with van der Waals surface area (Å²) in [5, 5.41) is 13.5. The van der Waals surface area contributed by atoms with E-state index in [1.54, 1.807) is 19.2 Å². The van der Waals surface area contributed by atoms with Gasteiger partial charge in [0.2, 0.25) is 23.5 Å². The van der Waals surface area contributed by atoms with Crippen molar-refractivity contribution in [2.75, 3.05) is 13.7 Å². The fourth-order valence-corrected chi connectivity index (χ4v) is 7.25. The Morgan fingerprint density at radius 3 is 2.39 bits per heavy atom. The van der Waals surface area contributed by atoms with Crippen LogP contribution in [0.1, 0.15) is 97.5 Å². The van der Waals surface area contributed by atoms with Gasteiger partial charge in [-0.1, -0.05) is 63.0 Å². The first-order chi connectivity index (χ1) is 23.2. The molecule has 4 atom stereocenters. The van der Waals surface area contributed by atoms with Crippen LogP contribution in [-0.4, -0.2) is 89.6 Å². The van der Waals surface area contributed by atoms with Gasteiger partial charge in [-0.2, -0.15) is 0 Å². The number of hydrogen-bond donors (Lipinski definition) is 3. The molecule has 2 aliphatic carbocycles. The fraction of sp³-hybridized carbons (Fsp3) is 0.667. The van der Waals surface area contributed by atoms with Crippen molar-refractivity contribution in [3.05, 3.63) is 34.9 Å². The van der Waals surface area contributed by atoms with E-state index in [-0.39, 0.29) is 43.4 Å². The number of oxime groups is 1. The van der Waals surface area contributed by atoms with Crippen LogP contribution in [0.15, 0.2) is 29.4 Å². The first-order valence-corrected chi connectivity index (χ1v) is 17.9. The van der Waals surface area contributed by atoms with E-state index in [1.807, 2.05) is 39.8 Å². The molecule has 5 rings (SSSR count). The first-order valence-electron chi connectivity index (χ1n) is 17.5. The van der Waals surface area contributed by atoms with Crippen LogP contribution < -0.4 is 16.0 Å². The number of nitrogens with zero attached hydrogens (tertiary/aromatic N) is 2. The molecular weight excluding hydrogens is 650 g/mol. The van der Waals surface area contributed by atoms with Crippen molar-refractivity contribution in [2.45, 2.75) is 128 Å². The van der Waals surface area contributed by atoms with Gasteiger partial charge in [-0.05, 0) is 62.5 Å². The second-order valence-electron chi connectivity index (χ2n) is 15.2. The van der Waals surface area contributed by atoms with E-state index in [0.717, 1.165) is 31.2 Å². The summed E-state index contributed by atoms with van der Waals surface area (Å²) in [4.78, 5) is 75.7. The second-order valence-corrected chi connectivity index (χ2v) is 15.6. The highest BCUT2D eigenvalue weighted by Crippen LogP contribution is 2.40. The minimum atomic E-state index is -1.05. The number of hydrogen-bond acceptors (Lipinski definition) is 8. The van der Waals surface area contributed by atoms with E-state index in [4.69, 9.17) is 21.2 Å². The molecule has 0 aromatic heterocycles. The first kappa shape index (κ1) is 36.8. The van der Waals surface area contributed by atoms with Gasteiger partial charge in [-0.25, -0.2) is 0 Å². The fourth-order valence-electron chi connectivity index (χ4n) is 7.06. The zero-order chi connectivity index (χ0) is 35.5. The molecule has 2 saturated carbocycles. The van der Waals surface area contributed by atoms with Gasteiger partial charge in [0.1, 0.15) is 12.1 Å². The SMILES string of the molecule is CCC[C@H](NC(=O)[C@@H]1C[C@]2(CC(c3cccc(Cl)c3)=NO2)CN1C(=O)[C@@H](NC(=O)C1CCC(OC)CC1)C(C)(C)C)C(=O)C(=O)NC1CC1. The molecule has 0 unspecified atom stereocenters. The smallest absolute Gasteiger partial charge is 0.289 e. The average molecular weight is 700 g/mol. The van der Waals surface area contributed by atoms with Crippen molar-refractivity contribution < 1.29 is 33.5 Å². The molecule has 2 aliphatic heterocycles. The third kappa shape index (κ3) is 8.81. The molecule has 4 aliphatic rings.